The average Bonchev–Trinajstić information content (AvgIpc) is 2.84. The Morgan fingerprint density at radius 1 is 1.09 bits per heavy atom. The lowest BCUT2D eigenvalue weighted by Crippen LogP contribution is -2.47. The summed E-state index contributed by atoms with van der Waals surface area (Å²) in [4.78, 5) is 12.1. The summed E-state index contributed by atoms with van der Waals surface area (Å²) in [7, 11) is 0. The van der Waals surface area contributed by atoms with Gasteiger partial charge in [-0.05, 0) is 80.5 Å². The van der Waals surface area contributed by atoms with Crippen LogP contribution in [0.2, 0.25) is 0 Å². The third-order valence-corrected chi connectivity index (χ3v) is 8.43. The first-order chi connectivity index (χ1) is 10.5. The maximum absolute atomic E-state index is 12.1. The fraction of sp³-hybridized carbons (Fsp3) is 0.857. The zero-order chi connectivity index (χ0) is 15.5. The van der Waals surface area contributed by atoms with Gasteiger partial charge in [-0.15, -0.1) is 0 Å². The van der Waals surface area contributed by atoms with Crippen LogP contribution < -0.4 is 0 Å². The van der Waals surface area contributed by atoms with Crippen molar-refractivity contribution in [3.63, 3.8) is 0 Å². The Morgan fingerprint density at radius 3 is 2.68 bits per heavy atom. The molecule has 122 valence electrons. The molecule has 4 aliphatic carbocycles. The molecule has 0 radical (unpaired) electrons. The molecule has 22 heavy (non-hydrogen) atoms. The van der Waals surface area contributed by atoms with Crippen molar-refractivity contribution < 1.29 is 4.79 Å². The molecule has 0 spiro atoms. The zero-order valence-electron chi connectivity index (χ0n) is 14.7. The molecule has 0 bridgehead atoms. The van der Waals surface area contributed by atoms with Gasteiger partial charge in [0.1, 0.15) is 5.78 Å². The van der Waals surface area contributed by atoms with E-state index in [1.54, 1.807) is 0 Å². The van der Waals surface area contributed by atoms with Crippen LogP contribution in [0, 0.1) is 34.5 Å². The number of rotatable bonds is 1. The molecule has 3 fully saturated rings. The second kappa shape index (κ2) is 4.95. The van der Waals surface area contributed by atoms with Crippen LogP contribution in [-0.4, -0.2) is 5.78 Å². The Balaban J connectivity index is 1.71. The Labute approximate surface area is 135 Å². The van der Waals surface area contributed by atoms with Crippen molar-refractivity contribution in [2.75, 3.05) is 0 Å². The maximum Gasteiger partial charge on any atom is 0.133 e. The number of ketones is 1. The molecule has 0 aromatic carbocycles. The van der Waals surface area contributed by atoms with Gasteiger partial charge in [-0.2, -0.15) is 0 Å². The van der Waals surface area contributed by atoms with E-state index in [9.17, 15) is 4.79 Å². The number of Topliss-reactive ketones (excluding diaryl/α,β-unsaturated/α-hetero) is 1. The maximum atomic E-state index is 12.1. The molecular formula is C21H32O. The van der Waals surface area contributed by atoms with Gasteiger partial charge >= 0.3 is 0 Å². The molecule has 4 rings (SSSR count). The van der Waals surface area contributed by atoms with Crippen LogP contribution >= 0.6 is 0 Å². The van der Waals surface area contributed by atoms with Crippen molar-refractivity contribution in [1.29, 1.82) is 0 Å². The van der Waals surface area contributed by atoms with Gasteiger partial charge < -0.3 is 0 Å². The number of hydrogen-bond acceptors (Lipinski definition) is 1. The van der Waals surface area contributed by atoms with Gasteiger partial charge in [0.2, 0.25) is 0 Å². The van der Waals surface area contributed by atoms with Crippen molar-refractivity contribution in [3.8, 4) is 0 Å². The first-order valence-corrected chi connectivity index (χ1v) is 9.68. The van der Waals surface area contributed by atoms with Gasteiger partial charge in [0.25, 0.3) is 0 Å². The molecule has 3 saturated carbocycles. The van der Waals surface area contributed by atoms with Crippen molar-refractivity contribution in [2.24, 2.45) is 34.5 Å². The van der Waals surface area contributed by atoms with E-state index in [-0.39, 0.29) is 5.41 Å². The normalized spacial score (nSPS) is 50.6. The van der Waals surface area contributed by atoms with Crippen molar-refractivity contribution in [2.45, 2.75) is 78.6 Å². The number of fused-ring (bicyclic) bond motifs is 5. The summed E-state index contributed by atoms with van der Waals surface area (Å²) in [6.07, 6.45) is 14.8. The lowest BCUT2D eigenvalue weighted by Gasteiger charge is -2.56. The third-order valence-electron chi connectivity index (χ3n) is 8.43. The Hall–Kier alpha value is -0.590. The predicted molar refractivity (Wildman–Crippen MR) is 90.5 cm³/mol. The lowest BCUT2D eigenvalue weighted by atomic mass is 9.49. The van der Waals surface area contributed by atoms with Gasteiger partial charge in [0.05, 0.1) is 0 Å². The first-order valence-electron chi connectivity index (χ1n) is 9.68. The van der Waals surface area contributed by atoms with E-state index in [0.717, 1.165) is 30.6 Å². The second-order valence-electron chi connectivity index (χ2n) is 9.26. The SMILES string of the molecule is CC(=O)[C@H]1CCC2C3CCC4CCCC[C@]4(C)C3=CC[C@@]21C. The highest BCUT2D eigenvalue weighted by Gasteiger charge is 2.57. The number of allylic oxidation sites excluding steroid dienone is 2. The molecule has 0 heterocycles. The molecule has 0 N–H and O–H groups in total. The van der Waals surface area contributed by atoms with E-state index in [2.05, 4.69) is 19.9 Å². The molecule has 1 nitrogen and oxygen atoms in total. The minimum atomic E-state index is 0.262. The fourth-order valence-electron chi connectivity index (χ4n) is 7.23. The number of carbonyl (C=O) groups excluding carboxylic acids is 1. The smallest absolute Gasteiger partial charge is 0.133 e. The van der Waals surface area contributed by atoms with Crippen LogP contribution in [0.3, 0.4) is 0 Å². The van der Waals surface area contributed by atoms with Crippen molar-refractivity contribution in [3.05, 3.63) is 11.6 Å². The van der Waals surface area contributed by atoms with E-state index >= 15 is 0 Å². The molecule has 0 saturated heterocycles. The highest BCUT2D eigenvalue weighted by molar-refractivity contribution is 5.79. The van der Waals surface area contributed by atoms with Gasteiger partial charge in [0.15, 0.2) is 0 Å². The predicted octanol–water partition coefficient (Wildman–Crippen LogP) is 5.54. The van der Waals surface area contributed by atoms with E-state index in [0.29, 0.717) is 17.1 Å². The van der Waals surface area contributed by atoms with Crippen LogP contribution in [0.4, 0.5) is 0 Å². The average molecular weight is 300 g/mol. The highest BCUT2D eigenvalue weighted by atomic mass is 16.1. The van der Waals surface area contributed by atoms with Crippen LogP contribution in [0.25, 0.3) is 0 Å². The highest BCUT2D eigenvalue weighted by Crippen LogP contribution is 2.65. The Bertz CT molecular complexity index is 518. The Morgan fingerprint density at radius 2 is 1.91 bits per heavy atom. The van der Waals surface area contributed by atoms with Crippen LogP contribution in [-0.2, 0) is 4.79 Å². The summed E-state index contributed by atoms with van der Waals surface area (Å²) >= 11 is 0. The van der Waals surface area contributed by atoms with Crippen LogP contribution in [0.1, 0.15) is 78.6 Å². The molecule has 0 amide bonds. The number of carbonyl (C=O) groups is 1. The summed E-state index contributed by atoms with van der Waals surface area (Å²) in [6.45, 7) is 6.84. The largest absolute Gasteiger partial charge is 0.300 e. The van der Waals surface area contributed by atoms with Crippen molar-refractivity contribution >= 4 is 5.78 Å². The van der Waals surface area contributed by atoms with E-state index in [4.69, 9.17) is 0 Å². The topological polar surface area (TPSA) is 17.1 Å². The molecule has 3 unspecified atom stereocenters. The van der Waals surface area contributed by atoms with Crippen LogP contribution in [0.15, 0.2) is 11.6 Å². The van der Waals surface area contributed by atoms with Gasteiger partial charge in [-0.25, -0.2) is 0 Å². The molecular weight excluding hydrogens is 268 g/mol. The second-order valence-corrected chi connectivity index (χ2v) is 9.26. The molecule has 0 aromatic rings. The van der Waals surface area contributed by atoms with Gasteiger partial charge in [-0.3, -0.25) is 4.79 Å². The van der Waals surface area contributed by atoms with E-state index in [1.807, 2.05) is 12.5 Å². The quantitative estimate of drug-likeness (QED) is 0.581. The van der Waals surface area contributed by atoms with Crippen molar-refractivity contribution in [1.82, 2.24) is 0 Å². The molecule has 0 aromatic heterocycles. The zero-order valence-corrected chi connectivity index (χ0v) is 14.7. The third kappa shape index (κ3) is 1.86. The summed E-state index contributed by atoms with van der Waals surface area (Å²) in [5.74, 6) is 3.29. The minimum absolute atomic E-state index is 0.262. The Kier molecular flexibility index (Phi) is 3.37. The molecule has 6 atom stereocenters. The lowest BCUT2D eigenvalue weighted by molar-refractivity contribution is -0.124. The first kappa shape index (κ1) is 15.0. The molecule has 1 heteroatoms. The van der Waals surface area contributed by atoms with Gasteiger partial charge in [-0.1, -0.05) is 38.3 Å². The molecule has 4 aliphatic rings. The summed E-state index contributed by atoms with van der Waals surface area (Å²) in [5.41, 5.74) is 2.59. The van der Waals surface area contributed by atoms with E-state index in [1.165, 1.54) is 44.9 Å². The fourth-order valence-corrected chi connectivity index (χ4v) is 7.23. The minimum Gasteiger partial charge on any atom is -0.300 e. The monoisotopic (exact) mass is 300 g/mol. The van der Waals surface area contributed by atoms with Crippen LogP contribution in [0.5, 0.6) is 0 Å². The summed E-state index contributed by atoms with van der Waals surface area (Å²) in [5, 5.41) is 0. The number of hydrogen-bond donors (Lipinski definition) is 0. The summed E-state index contributed by atoms with van der Waals surface area (Å²) < 4.78 is 0. The standard InChI is InChI=1S/C21H32O/c1-14(22)17-9-10-18-16-8-7-15-6-4-5-12-20(15,2)19(16)11-13-21(17,18)3/h11,15-18H,4-10,12-13H2,1-3H3/t15?,16?,17-,18?,20+,21-/m1/s1. The molecule has 0 aliphatic heterocycles. The van der Waals surface area contributed by atoms with Gasteiger partial charge in [0, 0.05) is 5.92 Å². The summed E-state index contributed by atoms with van der Waals surface area (Å²) in [6, 6.07) is 0. The van der Waals surface area contributed by atoms with E-state index < -0.39 is 0 Å².